The lowest BCUT2D eigenvalue weighted by Crippen LogP contribution is -2.13. The van der Waals surface area contributed by atoms with E-state index < -0.39 is 22.4 Å². The van der Waals surface area contributed by atoms with Crippen molar-refractivity contribution in [3.05, 3.63) is 63.2 Å². The number of nitro benzene ring substituents is 1. The molecule has 0 aliphatic heterocycles. The molecule has 0 unspecified atom stereocenters. The third-order valence-electron chi connectivity index (χ3n) is 3.69. The van der Waals surface area contributed by atoms with E-state index in [1.54, 1.807) is 0 Å². The fourth-order valence-corrected chi connectivity index (χ4v) is 2.17. The Bertz CT molecular complexity index is 776. The number of halogens is 3. The highest BCUT2D eigenvalue weighted by Gasteiger charge is 2.32. The molecule has 2 aromatic carbocycles. The molecule has 0 heterocycles. The first kappa shape index (κ1) is 18.6. The Balaban J connectivity index is 2.00. The SMILES string of the molecule is Cc1ccc(OCCNc2ccc(C(F)(F)F)cc2[N+](=O)[O-])cc1C. The van der Waals surface area contributed by atoms with Crippen LogP contribution in [0.5, 0.6) is 5.75 Å². The van der Waals surface area contributed by atoms with Gasteiger partial charge in [0, 0.05) is 12.6 Å². The maximum atomic E-state index is 12.7. The van der Waals surface area contributed by atoms with Gasteiger partial charge in [0.25, 0.3) is 5.69 Å². The molecule has 0 saturated carbocycles. The lowest BCUT2D eigenvalue weighted by molar-refractivity contribution is -0.384. The summed E-state index contributed by atoms with van der Waals surface area (Å²) in [5.74, 6) is 0.659. The van der Waals surface area contributed by atoms with Crippen LogP contribution < -0.4 is 10.1 Å². The van der Waals surface area contributed by atoms with Crippen LogP contribution >= 0.6 is 0 Å². The molecule has 2 aromatic rings. The summed E-state index contributed by atoms with van der Waals surface area (Å²) >= 11 is 0. The van der Waals surface area contributed by atoms with Gasteiger partial charge in [0.05, 0.1) is 10.5 Å². The first-order valence-corrected chi connectivity index (χ1v) is 7.48. The molecule has 0 spiro atoms. The van der Waals surface area contributed by atoms with Gasteiger partial charge in [0.15, 0.2) is 0 Å². The number of hydrogen-bond donors (Lipinski definition) is 1. The van der Waals surface area contributed by atoms with Crippen molar-refractivity contribution in [2.75, 3.05) is 18.5 Å². The molecule has 8 heteroatoms. The minimum atomic E-state index is -4.63. The number of aryl methyl sites for hydroxylation is 2. The van der Waals surface area contributed by atoms with Gasteiger partial charge in [-0.2, -0.15) is 13.2 Å². The molecule has 0 aromatic heterocycles. The van der Waals surface area contributed by atoms with Gasteiger partial charge in [-0.15, -0.1) is 0 Å². The third-order valence-corrected chi connectivity index (χ3v) is 3.69. The highest BCUT2D eigenvalue weighted by atomic mass is 19.4. The molecule has 5 nitrogen and oxygen atoms in total. The number of nitrogens with one attached hydrogen (secondary N) is 1. The summed E-state index contributed by atoms with van der Waals surface area (Å²) < 4.78 is 43.5. The molecule has 0 bridgehead atoms. The number of hydrogen-bond acceptors (Lipinski definition) is 4. The molecule has 0 atom stereocenters. The fraction of sp³-hybridized carbons (Fsp3) is 0.294. The van der Waals surface area contributed by atoms with E-state index in [0.29, 0.717) is 11.8 Å². The van der Waals surface area contributed by atoms with Crippen molar-refractivity contribution in [1.29, 1.82) is 0 Å². The van der Waals surface area contributed by atoms with E-state index in [4.69, 9.17) is 4.74 Å². The summed E-state index contributed by atoms with van der Waals surface area (Å²) in [4.78, 5) is 10.1. The van der Waals surface area contributed by atoms with E-state index in [1.165, 1.54) is 0 Å². The lowest BCUT2D eigenvalue weighted by atomic mass is 10.1. The van der Waals surface area contributed by atoms with Gasteiger partial charge >= 0.3 is 6.18 Å². The predicted molar refractivity (Wildman–Crippen MR) is 88.0 cm³/mol. The fourth-order valence-electron chi connectivity index (χ4n) is 2.17. The Morgan fingerprint density at radius 2 is 1.84 bits per heavy atom. The monoisotopic (exact) mass is 354 g/mol. The number of rotatable bonds is 6. The Morgan fingerprint density at radius 3 is 2.44 bits per heavy atom. The van der Waals surface area contributed by atoms with Crippen molar-refractivity contribution in [1.82, 2.24) is 0 Å². The Labute approximate surface area is 142 Å². The second-order valence-corrected chi connectivity index (χ2v) is 5.51. The molecule has 0 saturated heterocycles. The number of alkyl halides is 3. The summed E-state index contributed by atoms with van der Waals surface area (Å²) in [6, 6.07) is 7.97. The van der Waals surface area contributed by atoms with Gasteiger partial charge in [-0.05, 0) is 49.2 Å². The van der Waals surface area contributed by atoms with Crippen LogP contribution in [0.25, 0.3) is 0 Å². The van der Waals surface area contributed by atoms with E-state index in [0.717, 1.165) is 23.3 Å². The predicted octanol–water partition coefficient (Wildman–Crippen LogP) is 4.72. The summed E-state index contributed by atoms with van der Waals surface area (Å²) in [6.45, 7) is 4.34. The quantitative estimate of drug-likeness (QED) is 0.463. The van der Waals surface area contributed by atoms with Crippen LogP contribution in [-0.4, -0.2) is 18.1 Å². The Hall–Kier alpha value is -2.77. The molecule has 0 aliphatic carbocycles. The van der Waals surface area contributed by atoms with Gasteiger partial charge < -0.3 is 10.1 Å². The Morgan fingerprint density at radius 1 is 1.12 bits per heavy atom. The minimum Gasteiger partial charge on any atom is -0.492 e. The molecule has 2 rings (SSSR count). The third kappa shape index (κ3) is 4.85. The zero-order valence-electron chi connectivity index (χ0n) is 13.7. The van der Waals surface area contributed by atoms with Crippen molar-refractivity contribution in [2.24, 2.45) is 0 Å². The highest BCUT2D eigenvalue weighted by Crippen LogP contribution is 2.34. The van der Waals surface area contributed by atoms with E-state index >= 15 is 0 Å². The van der Waals surface area contributed by atoms with Crippen molar-refractivity contribution < 1.29 is 22.8 Å². The van der Waals surface area contributed by atoms with Crippen molar-refractivity contribution in [2.45, 2.75) is 20.0 Å². The average molecular weight is 354 g/mol. The molecule has 0 radical (unpaired) electrons. The van der Waals surface area contributed by atoms with Gasteiger partial charge in [0.2, 0.25) is 0 Å². The second-order valence-electron chi connectivity index (χ2n) is 5.51. The molecule has 0 amide bonds. The highest BCUT2D eigenvalue weighted by molar-refractivity contribution is 5.63. The largest absolute Gasteiger partial charge is 0.492 e. The van der Waals surface area contributed by atoms with E-state index in [9.17, 15) is 23.3 Å². The summed E-state index contributed by atoms with van der Waals surface area (Å²) in [5.41, 5.74) is 0.536. The van der Waals surface area contributed by atoms with Crippen LogP contribution in [0.2, 0.25) is 0 Å². The van der Waals surface area contributed by atoms with Crippen LogP contribution in [-0.2, 0) is 6.18 Å². The topological polar surface area (TPSA) is 64.4 Å². The molecule has 25 heavy (non-hydrogen) atoms. The van der Waals surface area contributed by atoms with Crippen LogP contribution in [0.4, 0.5) is 24.5 Å². The molecular formula is C17H17F3N2O3. The standard InChI is InChI=1S/C17H17F3N2O3/c1-11-3-5-14(9-12(11)2)25-8-7-21-15-6-4-13(17(18,19)20)10-16(15)22(23)24/h3-6,9-10,21H,7-8H2,1-2H3. The van der Waals surface area contributed by atoms with Crippen molar-refractivity contribution >= 4 is 11.4 Å². The van der Waals surface area contributed by atoms with Crippen LogP contribution in [0.1, 0.15) is 16.7 Å². The van der Waals surface area contributed by atoms with Gasteiger partial charge in [-0.3, -0.25) is 10.1 Å². The maximum Gasteiger partial charge on any atom is 0.416 e. The second kappa shape index (κ2) is 7.42. The first-order valence-electron chi connectivity index (χ1n) is 7.48. The van der Waals surface area contributed by atoms with Gasteiger partial charge in [0.1, 0.15) is 18.0 Å². The molecular weight excluding hydrogens is 337 g/mol. The van der Waals surface area contributed by atoms with Crippen molar-refractivity contribution in [3.63, 3.8) is 0 Å². The molecule has 0 fully saturated rings. The lowest BCUT2D eigenvalue weighted by Gasteiger charge is -2.12. The molecule has 0 aliphatic rings. The number of ether oxygens (including phenoxy) is 1. The maximum absolute atomic E-state index is 12.7. The van der Waals surface area contributed by atoms with Crippen LogP contribution in [0.15, 0.2) is 36.4 Å². The number of benzene rings is 2. The van der Waals surface area contributed by atoms with E-state index in [-0.39, 0.29) is 18.8 Å². The van der Waals surface area contributed by atoms with E-state index in [1.807, 2.05) is 32.0 Å². The minimum absolute atomic E-state index is 0.0155. The summed E-state index contributed by atoms with van der Waals surface area (Å²) in [5, 5.41) is 13.7. The Kier molecular flexibility index (Phi) is 5.51. The molecule has 134 valence electrons. The first-order chi connectivity index (χ1) is 11.7. The summed E-state index contributed by atoms with van der Waals surface area (Å²) in [6.07, 6.45) is -4.63. The summed E-state index contributed by atoms with van der Waals surface area (Å²) in [7, 11) is 0. The number of nitro groups is 1. The normalized spacial score (nSPS) is 11.2. The number of anilines is 1. The average Bonchev–Trinajstić information content (AvgIpc) is 2.53. The van der Waals surface area contributed by atoms with Gasteiger partial charge in [-0.1, -0.05) is 6.07 Å². The number of nitrogens with zero attached hydrogens (tertiary/aromatic N) is 1. The molecule has 1 N–H and O–H groups in total. The van der Waals surface area contributed by atoms with Crippen LogP contribution in [0, 0.1) is 24.0 Å². The van der Waals surface area contributed by atoms with Crippen LogP contribution in [0.3, 0.4) is 0 Å². The zero-order chi connectivity index (χ0) is 18.6. The van der Waals surface area contributed by atoms with Crippen molar-refractivity contribution in [3.8, 4) is 5.75 Å². The smallest absolute Gasteiger partial charge is 0.416 e. The van der Waals surface area contributed by atoms with E-state index in [2.05, 4.69) is 5.32 Å². The zero-order valence-corrected chi connectivity index (χ0v) is 13.7. The van der Waals surface area contributed by atoms with Gasteiger partial charge in [-0.25, -0.2) is 0 Å².